The van der Waals surface area contributed by atoms with Gasteiger partial charge >= 0.3 is 0 Å². The molecule has 1 aliphatic rings. The molecule has 1 N–H and O–H groups in total. The Bertz CT molecular complexity index is 1090. The van der Waals surface area contributed by atoms with Crippen LogP contribution in [0, 0.1) is 13.8 Å². The first-order chi connectivity index (χ1) is 16.2. The highest BCUT2D eigenvalue weighted by Gasteiger charge is 2.35. The first-order valence-corrected chi connectivity index (χ1v) is 13.6. The number of rotatable bonds is 10. The largest absolute Gasteiger partial charge is 0.369 e. The number of amides is 1. The zero-order valence-electron chi connectivity index (χ0n) is 21.0. The molecule has 1 fully saturated rings. The van der Waals surface area contributed by atoms with E-state index in [2.05, 4.69) is 60.0 Å². The van der Waals surface area contributed by atoms with Crippen LogP contribution in [-0.4, -0.2) is 85.7 Å². The van der Waals surface area contributed by atoms with E-state index >= 15 is 0 Å². The molecular weight excluding hydrogens is 452 g/mol. The SMILES string of the molecule is CCN(CC)CCNC(=O)c1cn(CC)nc1S(=O)(=O)N1CCN(c2cccc(C)c2C)CC1. The minimum atomic E-state index is -3.90. The van der Waals surface area contributed by atoms with Crippen molar-refractivity contribution in [3.8, 4) is 0 Å². The third-order valence-corrected chi connectivity index (χ3v) is 8.48. The number of aryl methyl sites for hydroxylation is 2. The molecule has 0 aliphatic carbocycles. The molecule has 9 nitrogen and oxygen atoms in total. The third kappa shape index (κ3) is 5.61. The Morgan fingerprint density at radius 3 is 2.38 bits per heavy atom. The summed E-state index contributed by atoms with van der Waals surface area (Å²) in [7, 11) is -3.90. The van der Waals surface area contributed by atoms with Gasteiger partial charge in [0, 0.05) is 57.7 Å². The lowest BCUT2D eigenvalue weighted by Gasteiger charge is -2.36. The Morgan fingerprint density at radius 1 is 1.09 bits per heavy atom. The highest BCUT2D eigenvalue weighted by atomic mass is 32.2. The molecule has 3 rings (SSSR count). The second-order valence-corrected chi connectivity index (χ2v) is 10.4. The number of hydrogen-bond acceptors (Lipinski definition) is 6. The number of piperazine rings is 1. The van der Waals surface area contributed by atoms with Gasteiger partial charge in [0.25, 0.3) is 15.9 Å². The van der Waals surface area contributed by atoms with Crippen molar-refractivity contribution in [2.24, 2.45) is 0 Å². The number of likely N-dealkylation sites (N-methyl/N-ethyl adjacent to an activating group) is 1. The average Bonchev–Trinajstić information content (AvgIpc) is 3.29. The molecule has 0 saturated carbocycles. The normalized spacial score (nSPS) is 15.2. The minimum absolute atomic E-state index is 0.110. The van der Waals surface area contributed by atoms with Gasteiger partial charge in [0.2, 0.25) is 5.03 Å². The predicted octanol–water partition coefficient (Wildman–Crippen LogP) is 2.10. The van der Waals surface area contributed by atoms with E-state index in [1.54, 1.807) is 0 Å². The molecule has 188 valence electrons. The van der Waals surface area contributed by atoms with Crippen LogP contribution in [0.15, 0.2) is 29.4 Å². The van der Waals surface area contributed by atoms with Crippen molar-refractivity contribution in [3.05, 3.63) is 41.1 Å². The van der Waals surface area contributed by atoms with E-state index in [9.17, 15) is 13.2 Å². The molecule has 0 spiro atoms. The Hall–Kier alpha value is -2.43. The fraction of sp³-hybridized carbons (Fsp3) is 0.583. The van der Waals surface area contributed by atoms with E-state index in [-0.39, 0.29) is 10.6 Å². The van der Waals surface area contributed by atoms with Gasteiger partial charge in [-0.3, -0.25) is 9.48 Å². The van der Waals surface area contributed by atoms with Crippen LogP contribution in [0.25, 0.3) is 0 Å². The van der Waals surface area contributed by atoms with Gasteiger partial charge in [-0.15, -0.1) is 0 Å². The molecule has 2 aromatic rings. The van der Waals surface area contributed by atoms with Gasteiger partial charge in [-0.2, -0.15) is 9.40 Å². The quantitative estimate of drug-likeness (QED) is 0.549. The highest BCUT2D eigenvalue weighted by molar-refractivity contribution is 7.89. The maximum Gasteiger partial charge on any atom is 0.263 e. The van der Waals surface area contributed by atoms with E-state index < -0.39 is 15.9 Å². The van der Waals surface area contributed by atoms with Crippen molar-refractivity contribution in [1.82, 2.24) is 24.3 Å². The van der Waals surface area contributed by atoms with Crippen molar-refractivity contribution in [2.75, 3.05) is 57.3 Å². The van der Waals surface area contributed by atoms with Gasteiger partial charge < -0.3 is 15.1 Å². The molecule has 34 heavy (non-hydrogen) atoms. The molecule has 1 aromatic carbocycles. The number of benzene rings is 1. The Kier molecular flexibility index (Phi) is 8.72. The number of carbonyl (C=O) groups excluding carboxylic acids is 1. The molecule has 1 aromatic heterocycles. The average molecular weight is 491 g/mol. The van der Waals surface area contributed by atoms with Crippen LogP contribution in [0.2, 0.25) is 0 Å². The molecule has 0 atom stereocenters. The summed E-state index contributed by atoms with van der Waals surface area (Å²) >= 11 is 0. The first kappa shape index (κ1) is 26.2. The van der Waals surface area contributed by atoms with Crippen LogP contribution in [0.3, 0.4) is 0 Å². The fourth-order valence-corrected chi connectivity index (χ4v) is 5.76. The maximum absolute atomic E-state index is 13.5. The van der Waals surface area contributed by atoms with Gasteiger partial charge in [-0.1, -0.05) is 26.0 Å². The summed E-state index contributed by atoms with van der Waals surface area (Å²) in [6, 6.07) is 6.19. The molecule has 0 bridgehead atoms. The number of nitrogens with one attached hydrogen (secondary N) is 1. The number of sulfonamides is 1. The second-order valence-electron chi connectivity index (χ2n) is 8.60. The predicted molar refractivity (Wildman–Crippen MR) is 135 cm³/mol. The van der Waals surface area contributed by atoms with Gasteiger partial charge in [0.15, 0.2) is 0 Å². The van der Waals surface area contributed by atoms with Crippen LogP contribution in [0.1, 0.15) is 42.3 Å². The molecule has 0 unspecified atom stereocenters. The smallest absolute Gasteiger partial charge is 0.263 e. The lowest BCUT2D eigenvalue weighted by atomic mass is 10.1. The monoisotopic (exact) mass is 490 g/mol. The Morgan fingerprint density at radius 2 is 1.76 bits per heavy atom. The van der Waals surface area contributed by atoms with Crippen molar-refractivity contribution in [2.45, 2.75) is 46.2 Å². The first-order valence-electron chi connectivity index (χ1n) is 12.1. The summed E-state index contributed by atoms with van der Waals surface area (Å²) in [6.45, 7) is 15.5. The van der Waals surface area contributed by atoms with Crippen LogP contribution >= 0.6 is 0 Å². The highest BCUT2D eigenvalue weighted by Crippen LogP contribution is 2.26. The van der Waals surface area contributed by atoms with Crippen molar-refractivity contribution >= 4 is 21.6 Å². The van der Waals surface area contributed by atoms with Crippen molar-refractivity contribution in [1.29, 1.82) is 0 Å². The fourth-order valence-electron chi connectivity index (χ4n) is 4.24. The number of anilines is 1. The number of aromatic nitrogens is 2. The van der Waals surface area contributed by atoms with E-state index in [0.717, 1.165) is 18.8 Å². The molecule has 2 heterocycles. The Labute approximate surface area is 203 Å². The third-order valence-electron chi connectivity index (χ3n) is 6.64. The summed E-state index contributed by atoms with van der Waals surface area (Å²) in [5.41, 5.74) is 3.68. The molecular formula is C24H38N6O3S. The second kappa shape index (κ2) is 11.3. The number of nitrogens with zero attached hydrogens (tertiary/aromatic N) is 5. The molecule has 1 saturated heterocycles. The van der Waals surface area contributed by atoms with Crippen LogP contribution in [-0.2, 0) is 16.6 Å². The summed E-state index contributed by atoms with van der Waals surface area (Å²) in [4.78, 5) is 17.3. The number of carbonyl (C=O) groups is 1. The topological polar surface area (TPSA) is 90.8 Å². The van der Waals surface area contributed by atoms with Gasteiger partial charge in [-0.25, -0.2) is 8.42 Å². The summed E-state index contributed by atoms with van der Waals surface area (Å²) < 4.78 is 30.0. The standard InChI is InChI=1S/C24H38N6O3S/c1-6-27(7-2)13-12-25-23(31)21-18-29(8-3)26-24(21)34(32,33)30-16-14-28(15-17-30)22-11-9-10-19(4)20(22)5/h9-11,18H,6-8,12-17H2,1-5H3,(H,25,31). The molecule has 10 heteroatoms. The number of hydrogen-bond donors (Lipinski definition) is 1. The van der Waals surface area contributed by atoms with E-state index in [1.807, 2.05) is 13.0 Å². The van der Waals surface area contributed by atoms with Crippen molar-refractivity contribution in [3.63, 3.8) is 0 Å². The zero-order chi connectivity index (χ0) is 24.9. The summed E-state index contributed by atoms with van der Waals surface area (Å²) in [6.07, 6.45) is 1.53. The van der Waals surface area contributed by atoms with Gasteiger partial charge in [0.1, 0.15) is 0 Å². The van der Waals surface area contributed by atoms with Crippen LogP contribution < -0.4 is 10.2 Å². The maximum atomic E-state index is 13.5. The van der Waals surface area contributed by atoms with Gasteiger partial charge in [-0.05, 0) is 51.1 Å². The zero-order valence-corrected chi connectivity index (χ0v) is 21.9. The van der Waals surface area contributed by atoms with E-state index in [0.29, 0.717) is 45.8 Å². The minimum Gasteiger partial charge on any atom is -0.369 e. The van der Waals surface area contributed by atoms with Crippen LogP contribution in [0.4, 0.5) is 5.69 Å². The lowest BCUT2D eigenvalue weighted by molar-refractivity contribution is 0.0945. The van der Waals surface area contributed by atoms with Crippen molar-refractivity contribution < 1.29 is 13.2 Å². The molecule has 1 amide bonds. The Balaban J connectivity index is 1.74. The van der Waals surface area contributed by atoms with E-state index in [1.165, 1.54) is 26.3 Å². The summed E-state index contributed by atoms with van der Waals surface area (Å²) in [5.74, 6) is -0.403. The van der Waals surface area contributed by atoms with Gasteiger partial charge in [0.05, 0.1) is 5.56 Å². The molecule has 1 aliphatic heterocycles. The lowest BCUT2D eigenvalue weighted by Crippen LogP contribution is -2.49. The summed E-state index contributed by atoms with van der Waals surface area (Å²) in [5, 5.41) is 6.99. The van der Waals surface area contributed by atoms with E-state index in [4.69, 9.17) is 0 Å². The van der Waals surface area contributed by atoms with Crippen LogP contribution in [0.5, 0.6) is 0 Å². The molecule has 0 radical (unpaired) electrons.